The SMILES string of the molecule is CC[C@@H](C)N1C(=O)[C@@H]2[C@@H](C1=O)[C@H](C(=O)C(C)(C)C)N1c3c(ccc4cccnc34)C=C[C@H]21. The van der Waals surface area contributed by atoms with Crippen LogP contribution in [0.5, 0.6) is 0 Å². The minimum Gasteiger partial charge on any atom is -0.351 e. The van der Waals surface area contributed by atoms with Crippen LogP contribution in [0, 0.1) is 17.3 Å². The average Bonchev–Trinajstić information content (AvgIpc) is 3.24. The van der Waals surface area contributed by atoms with E-state index in [-0.39, 0.29) is 29.7 Å². The molecule has 6 heteroatoms. The molecular weight excluding hydrogens is 402 g/mol. The summed E-state index contributed by atoms with van der Waals surface area (Å²) in [6.45, 7) is 9.52. The minimum atomic E-state index is -0.702. The molecule has 3 aliphatic heterocycles. The zero-order chi connectivity index (χ0) is 22.9. The average molecular weight is 432 g/mol. The Bertz CT molecular complexity index is 1180. The quantitative estimate of drug-likeness (QED) is 0.691. The Balaban J connectivity index is 1.74. The van der Waals surface area contributed by atoms with Gasteiger partial charge < -0.3 is 4.90 Å². The lowest BCUT2D eigenvalue weighted by Gasteiger charge is -2.39. The zero-order valence-corrected chi connectivity index (χ0v) is 19.2. The van der Waals surface area contributed by atoms with Crippen LogP contribution in [0.3, 0.4) is 0 Å². The number of pyridine rings is 1. The van der Waals surface area contributed by atoms with Crippen molar-refractivity contribution in [2.24, 2.45) is 17.3 Å². The summed E-state index contributed by atoms with van der Waals surface area (Å²) in [6, 6.07) is 6.70. The van der Waals surface area contributed by atoms with Gasteiger partial charge >= 0.3 is 0 Å². The summed E-state index contributed by atoms with van der Waals surface area (Å²) in [4.78, 5) is 49.1. The van der Waals surface area contributed by atoms with Crippen LogP contribution < -0.4 is 4.90 Å². The van der Waals surface area contributed by atoms with Gasteiger partial charge in [0.25, 0.3) is 0 Å². The Labute approximate surface area is 188 Å². The Morgan fingerprint density at radius 3 is 2.53 bits per heavy atom. The number of likely N-dealkylation sites (tertiary alicyclic amines) is 1. The molecule has 1 aromatic carbocycles. The highest BCUT2D eigenvalue weighted by Gasteiger charge is 2.65. The fourth-order valence-electron chi connectivity index (χ4n) is 5.56. The van der Waals surface area contributed by atoms with E-state index >= 15 is 0 Å². The zero-order valence-electron chi connectivity index (χ0n) is 19.2. The summed E-state index contributed by atoms with van der Waals surface area (Å²) in [5.74, 6) is -1.63. The van der Waals surface area contributed by atoms with E-state index < -0.39 is 23.3 Å². The van der Waals surface area contributed by atoms with Crippen molar-refractivity contribution in [1.82, 2.24) is 9.88 Å². The predicted octanol–water partition coefficient (Wildman–Crippen LogP) is 3.83. The molecule has 5 rings (SSSR count). The standard InChI is InChI=1S/C26H29N3O3/c1-6-14(2)28-24(31)18-17-12-11-16-10-9-15-8-7-13-27-20(15)21(16)29(17)22(19(18)25(28)32)23(30)26(3,4)5/h7-14,17-19,22H,6H2,1-5H3/t14-,17-,18+,19-,22-/m1/s1. The van der Waals surface area contributed by atoms with Gasteiger partial charge in [-0.15, -0.1) is 0 Å². The summed E-state index contributed by atoms with van der Waals surface area (Å²) in [6.07, 6.45) is 6.44. The summed E-state index contributed by atoms with van der Waals surface area (Å²) in [5, 5.41) is 0.971. The molecule has 0 bridgehead atoms. The molecule has 32 heavy (non-hydrogen) atoms. The van der Waals surface area contributed by atoms with Crippen molar-refractivity contribution >= 4 is 40.3 Å². The normalized spacial score (nSPS) is 27.5. The first kappa shape index (κ1) is 20.9. The second kappa shape index (κ2) is 6.99. The van der Waals surface area contributed by atoms with Crippen LogP contribution in [-0.4, -0.2) is 45.6 Å². The minimum absolute atomic E-state index is 0.0173. The summed E-state index contributed by atoms with van der Waals surface area (Å²) < 4.78 is 0. The number of benzene rings is 1. The molecule has 2 aromatic rings. The number of ketones is 1. The number of anilines is 1. The number of imide groups is 1. The largest absolute Gasteiger partial charge is 0.351 e. The number of carbonyl (C=O) groups is 3. The lowest BCUT2D eigenvalue weighted by molar-refractivity contribution is -0.144. The highest BCUT2D eigenvalue weighted by Crippen LogP contribution is 2.51. The number of fused-ring (bicyclic) bond motifs is 7. The summed E-state index contributed by atoms with van der Waals surface area (Å²) in [5.41, 5.74) is 1.95. The van der Waals surface area contributed by atoms with Crippen LogP contribution in [0.2, 0.25) is 0 Å². The molecule has 0 saturated carbocycles. The fourth-order valence-corrected chi connectivity index (χ4v) is 5.56. The molecule has 6 nitrogen and oxygen atoms in total. The maximum absolute atomic E-state index is 13.8. The molecule has 0 radical (unpaired) electrons. The number of amides is 2. The Kier molecular flexibility index (Phi) is 4.56. The number of Topliss-reactive ketones (excluding diaryl/α,β-unsaturated/α-hetero) is 1. The number of carbonyl (C=O) groups excluding carboxylic acids is 3. The molecule has 0 unspecified atom stereocenters. The van der Waals surface area contributed by atoms with Gasteiger partial charge in [0, 0.05) is 23.0 Å². The Morgan fingerprint density at radius 2 is 1.84 bits per heavy atom. The van der Waals surface area contributed by atoms with E-state index in [1.54, 1.807) is 6.20 Å². The molecule has 0 spiro atoms. The van der Waals surface area contributed by atoms with Crippen molar-refractivity contribution < 1.29 is 14.4 Å². The molecule has 5 atom stereocenters. The van der Waals surface area contributed by atoms with Gasteiger partial charge in [0.15, 0.2) is 5.78 Å². The van der Waals surface area contributed by atoms with Crippen LogP contribution in [0.15, 0.2) is 36.5 Å². The van der Waals surface area contributed by atoms with E-state index in [1.165, 1.54) is 4.90 Å². The molecule has 2 fully saturated rings. The van der Waals surface area contributed by atoms with Gasteiger partial charge in [-0.05, 0) is 25.0 Å². The molecule has 0 N–H and O–H groups in total. The van der Waals surface area contributed by atoms with Crippen molar-refractivity contribution in [3.8, 4) is 0 Å². The van der Waals surface area contributed by atoms with Crippen LogP contribution >= 0.6 is 0 Å². The monoisotopic (exact) mass is 431 g/mol. The first-order valence-corrected chi connectivity index (χ1v) is 11.4. The van der Waals surface area contributed by atoms with E-state index in [0.29, 0.717) is 6.42 Å². The third kappa shape index (κ3) is 2.71. The van der Waals surface area contributed by atoms with Crippen LogP contribution in [0.1, 0.15) is 46.6 Å². The summed E-state index contributed by atoms with van der Waals surface area (Å²) >= 11 is 0. The number of rotatable bonds is 3. The number of aromatic nitrogens is 1. The highest BCUT2D eigenvalue weighted by atomic mass is 16.2. The van der Waals surface area contributed by atoms with Gasteiger partial charge in [-0.3, -0.25) is 24.3 Å². The van der Waals surface area contributed by atoms with E-state index in [0.717, 1.165) is 22.2 Å². The van der Waals surface area contributed by atoms with Crippen molar-refractivity contribution in [3.05, 3.63) is 42.1 Å². The molecule has 4 heterocycles. The van der Waals surface area contributed by atoms with Crippen molar-refractivity contribution in [1.29, 1.82) is 0 Å². The molecular formula is C26H29N3O3. The molecule has 166 valence electrons. The number of hydrogen-bond donors (Lipinski definition) is 0. The smallest absolute Gasteiger partial charge is 0.235 e. The van der Waals surface area contributed by atoms with Crippen molar-refractivity contribution in [2.45, 2.75) is 59.2 Å². The third-order valence-electron chi connectivity index (χ3n) is 7.31. The first-order chi connectivity index (χ1) is 15.2. The maximum atomic E-state index is 13.8. The number of nitrogens with zero attached hydrogens (tertiary/aromatic N) is 3. The lowest BCUT2D eigenvalue weighted by Crippen LogP contribution is -2.52. The van der Waals surface area contributed by atoms with Gasteiger partial charge in [-0.1, -0.05) is 58.0 Å². The van der Waals surface area contributed by atoms with E-state index in [2.05, 4.69) is 4.98 Å². The van der Waals surface area contributed by atoms with E-state index in [1.807, 2.05) is 75.9 Å². The molecule has 0 aliphatic carbocycles. The molecule has 3 aliphatic rings. The first-order valence-electron chi connectivity index (χ1n) is 11.4. The molecule has 2 saturated heterocycles. The van der Waals surface area contributed by atoms with Crippen LogP contribution in [0.4, 0.5) is 5.69 Å². The van der Waals surface area contributed by atoms with Gasteiger partial charge in [-0.25, -0.2) is 0 Å². The summed E-state index contributed by atoms with van der Waals surface area (Å²) in [7, 11) is 0. The Morgan fingerprint density at radius 1 is 1.12 bits per heavy atom. The molecule has 2 amide bonds. The third-order valence-corrected chi connectivity index (χ3v) is 7.31. The predicted molar refractivity (Wildman–Crippen MR) is 124 cm³/mol. The highest BCUT2D eigenvalue weighted by molar-refractivity contribution is 6.13. The van der Waals surface area contributed by atoms with E-state index in [4.69, 9.17) is 0 Å². The van der Waals surface area contributed by atoms with Gasteiger partial charge in [-0.2, -0.15) is 0 Å². The second-order valence-corrected chi connectivity index (χ2v) is 10.2. The van der Waals surface area contributed by atoms with Gasteiger partial charge in [0.2, 0.25) is 11.8 Å². The van der Waals surface area contributed by atoms with E-state index in [9.17, 15) is 14.4 Å². The van der Waals surface area contributed by atoms with Gasteiger partial charge in [0.05, 0.1) is 29.1 Å². The maximum Gasteiger partial charge on any atom is 0.235 e. The lowest BCUT2D eigenvalue weighted by atomic mass is 9.79. The van der Waals surface area contributed by atoms with Gasteiger partial charge in [0.1, 0.15) is 6.04 Å². The van der Waals surface area contributed by atoms with Crippen LogP contribution in [-0.2, 0) is 14.4 Å². The topological polar surface area (TPSA) is 70.6 Å². The Hall–Kier alpha value is -3.02. The van der Waals surface area contributed by atoms with Crippen LogP contribution in [0.25, 0.3) is 17.0 Å². The number of hydrogen-bond acceptors (Lipinski definition) is 5. The molecule has 1 aromatic heterocycles. The second-order valence-electron chi connectivity index (χ2n) is 10.2. The fraction of sp³-hybridized carbons (Fsp3) is 0.462. The van der Waals surface area contributed by atoms with Crippen molar-refractivity contribution in [2.75, 3.05) is 4.90 Å². The van der Waals surface area contributed by atoms with Crippen molar-refractivity contribution in [3.63, 3.8) is 0 Å².